The summed E-state index contributed by atoms with van der Waals surface area (Å²) in [5, 5.41) is 6.09. The van der Waals surface area contributed by atoms with Crippen molar-refractivity contribution in [1.29, 1.82) is 0 Å². The molecule has 2 N–H and O–H groups in total. The second kappa shape index (κ2) is 8.98. The van der Waals surface area contributed by atoms with Crippen LogP contribution in [0.15, 0.2) is 29.2 Å². The maximum absolute atomic E-state index is 12.6. The van der Waals surface area contributed by atoms with E-state index in [1.165, 1.54) is 0 Å². The Morgan fingerprint density at radius 3 is 2.32 bits per heavy atom. The molecule has 1 aromatic rings. The number of nitrogens with one attached hydrogen (secondary N) is 2. The van der Waals surface area contributed by atoms with Crippen LogP contribution in [-0.4, -0.2) is 51.4 Å². The van der Waals surface area contributed by atoms with Crippen LogP contribution in [0.1, 0.15) is 24.8 Å². The number of rotatable bonds is 6. The van der Waals surface area contributed by atoms with Crippen LogP contribution in [0.3, 0.4) is 0 Å². The Morgan fingerprint density at radius 2 is 1.76 bits per heavy atom. The van der Waals surface area contributed by atoms with Gasteiger partial charge in [-0.2, -0.15) is 4.31 Å². The SMILES string of the molecule is Cl.O=C(Cc1ccc(S(=O)(=O)N2CCCCC2)cc1)NCC1CNC1. The largest absolute Gasteiger partial charge is 0.355 e. The number of hydrogen-bond acceptors (Lipinski definition) is 4. The summed E-state index contributed by atoms with van der Waals surface area (Å²) in [7, 11) is -3.40. The molecule has 2 aliphatic rings. The molecule has 0 bridgehead atoms. The zero-order valence-corrected chi connectivity index (χ0v) is 15.9. The lowest BCUT2D eigenvalue weighted by Gasteiger charge is -2.27. The van der Waals surface area contributed by atoms with Crippen molar-refractivity contribution < 1.29 is 13.2 Å². The maximum atomic E-state index is 12.6. The van der Waals surface area contributed by atoms with Crippen molar-refractivity contribution in [1.82, 2.24) is 14.9 Å². The van der Waals surface area contributed by atoms with E-state index in [-0.39, 0.29) is 24.7 Å². The second-order valence-corrected chi connectivity index (χ2v) is 8.55. The van der Waals surface area contributed by atoms with E-state index in [0.29, 0.717) is 30.4 Å². The number of halogens is 1. The van der Waals surface area contributed by atoms with Crippen molar-refractivity contribution >= 4 is 28.3 Å². The summed E-state index contributed by atoms with van der Waals surface area (Å²) < 4.78 is 26.7. The summed E-state index contributed by atoms with van der Waals surface area (Å²) >= 11 is 0. The molecule has 1 aromatic carbocycles. The van der Waals surface area contributed by atoms with Crippen LogP contribution in [0.4, 0.5) is 0 Å². The summed E-state index contributed by atoms with van der Waals surface area (Å²) in [6, 6.07) is 6.70. The van der Waals surface area contributed by atoms with E-state index in [9.17, 15) is 13.2 Å². The van der Waals surface area contributed by atoms with Crippen molar-refractivity contribution in [3.8, 4) is 0 Å². The van der Waals surface area contributed by atoms with Gasteiger partial charge in [-0.25, -0.2) is 8.42 Å². The lowest BCUT2D eigenvalue weighted by atomic mass is 10.0. The van der Waals surface area contributed by atoms with Gasteiger partial charge in [0.1, 0.15) is 0 Å². The Hall–Kier alpha value is -1.15. The molecular weight excluding hydrogens is 362 g/mol. The highest BCUT2D eigenvalue weighted by Gasteiger charge is 2.25. The molecule has 1 amide bonds. The van der Waals surface area contributed by atoms with Crippen molar-refractivity contribution in [2.75, 3.05) is 32.7 Å². The van der Waals surface area contributed by atoms with Crippen molar-refractivity contribution in [2.45, 2.75) is 30.6 Å². The van der Waals surface area contributed by atoms with Gasteiger partial charge in [0.2, 0.25) is 15.9 Å². The van der Waals surface area contributed by atoms with Gasteiger partial charge >= 0.3 is 0 Å². The fraction of sp³-hybridized carbons (Fsp3) is 0.588. The molecule has 2 aliphatic heterocycles. The van der Waals surface area contributed by atoms with Crippen LogP contribution >= 0.6 is 12.4 Å². The number of amides is 1. The van der Waals surface area contributed by atoms with Crippen LogP contribution in [0, 0.1) is 5.92 Å². The average molecular weight is 388 g/mol. The van der Waals surface area contributed by atoms with E-state index < -0.39 is 10.0 Å². The van der Waals surface area contributed by atoms with Crippen LogP contribution in [0.5, 0.6) is 0 Å². The van der Waals surface area contributed by atoms with E-state index in [0.717, 1.165) is 37.9 Å². The van der Waals surface area contributed by atoms with Gasteiger partial charge in [-0.15, -0.1) is 12.4 Å². The predicted molar refractivity (Wildman–Crippen MR) is 99.4 cm³/mol. The molecule has 0 radical (unpaired) electrons. The summed E-state index contributed by atoms with van der Waals surface area (Å²) in [5.41, 5.74) is 0.830. The molecule has 2 heterocycles. The number of sulfonamides is 1. The quantitative estimate of drug-likeness (QED) is 0.767. The molecule has 0 unspecified atom stereocenters. The molecule has 0 aromatic heterocycles. The molecular formula is C17H26ClN3O3S. The first-order chi connectivity index (χ1) is 11.6. The van der Waals surface area contributed by atoms with Crippen LogP contribution in [0.25, 0.3) is 0 Å². The minimum atomic E-state index is -3.40. The Kier molecular flexibility index (Phi) is 7.25. The van der Waals surface area contributed by atoms with Crippen molar-refractivity contribution in [3.63, 3.8) is 0 Å². The van der Waals surface area contributed by atoms with Gasteiger partial charge in [0, 0.05) is 38.6 Å². The molecule has 6 nitrogen and oxygen atoms in total. The first kappa shape index (κ1) is 20.2. The Morgan fingerprint density at radius 1 is 1.12 bits per heavy atom. The lowest BCUT2D eigenvalue weighted by Crippen LogP contribution is -2.48. The van der Waals surface area contributed by atoms with Gasteiger partial charge in [-0.1, -0.05) is 18.6 Å². The zero-order valence-electron chi connectivity index (χ0n) is 14.2. The fourth-order valence-electron chi connectivity index (χ4n) is 3.03. The van der Waals surface area contributed by atoms with E-state index in [4.69, 9.17) is 0 Å². The van der Waals surface area contributed by atoms with E-state index in [2.05, 4.69) is 10.6 Å². The number of nitrogens with zero attached hydrogens (tertiary/aromatic N) is 1. The Bertz CT molecular complexity index is 669. The molecule has 0 spiro atoms. The molecule has 0 aliphatic carbocycles. The first-order valence-corrected chi connectivity index (χ1v) is 10.1. The Labute approximate surface area is 155 Å². The Balaban J connectivity index is 0.00000225. The fourth-order valence-corrected chi connectivity index (χ4v) is 4.55. The van der Waals surface area contributed by atoms with Gasteiger partial charge in [0.15, 0.2) is 0 Å². The number of carbonyl (C=O) groups excluding carboxylic acids is 1. The molecule has 0 saturated carbocycles. The highest BCUT2D eigenvalue weighted by atomic mass is 35.5. The summed E-state index contributed by atoms with van der Waals surface area (Å²) in [5.74, 6) is 0.513. The van der Waals surface area contributed by atoms with Gasteiger partial charge < -0.3 is 10.6 Å². The standard InChI is InChI=1S/C17H25N3O3S.ClH/c21-17(19-13-15-11-18-12-15)10-14-4-6-16(7-5-14)24(22,23)20-8-2-1-3-9-20;/h4-7,15,18H,1-3,8-13H2,(H,19,21);1H. The smallest absolute Gasteiger partial charge is 0.243 e. The minimum Gasteiger partial charge on any atom is -0.355 e. The molecule has 2 saturated heterocycles. The lowest BCUT2D eigenvalue weighted by molar-refractivity contribution is -0.120. The van der Waals surface area contributed by atoms with Gasteiger partial charge in [-0.05, 0) is 30.5 Å². The first-order valence-electron chi connectivity index (χ1n) is 8.62. The van der Waals surface area contributed by atoms with Crippen LogP contribution in [-0.2, 0) is 21.2 Å². The monoisotopic (exact) mass is 387 g/mol. The van der Waals surface area contributed by atoms with Crippen LogP contribution < -0.4 is 10.6 Å². The summed E-state index contributed by atoms with van der Waals surface area (Å²) in [4.78, 5) is 12.2. The maximum Gasteiger partial charge on any atom is 0.243 e. The summed E-state index contributed by atoms with van der Waals surface area (Å²) in [6.07, 6.45) is 3.23. The number of hydrogen-bond donors (Lipinski definition) is 2. The third kappa shape index (κ3) is 5.17. The van der Waals surface area contributed by atoms with Crippen molar-refractivity contribution in [2.24, 2.45) is 5.92 Å². The highest BCUT2D eigenvalue weighted by Crippen LogP contribution is 2.21. The average Bonchev–Trinajstić information content (AvgIpc) is 2.55. The third-order valence-electron chi connectivity index (χ3n) is 4.69. The third-order valence-corrected chi connectivity index (χ3v) is 6.61. The molecule has 25 heavy (non-hydrogen) atoms. The molecule has 140 valence electrons. The molecule has 2 fully saturated rings. The number of benzene rings is 1. The predicted octanol–water partition coefficient (Wildman–Crippen LogP) is 1.16. The normalized spacial score (nSPS) is 18.9. The highest BCUT2D eigenvalue weighted by molar-refractivity contribution is 7.89. The van der Waals surface area contributed by atoms with Crippen molar-refractivity contribution in [3.05, 3.63) is 29.8 Å². The van der Waals surface area contributed by atoms with E-state index in [1.54, 1.807) is 28.6 Å². The van der Waals surface area contributed by atoms with Gasteiger partial charge in [-0.3, -0.25) is 4.79 Å². The molecule has 8 heteroatoms. The van der Waals surface area contributed by atoms with Gasteiger partial charge in [0.05, 0.1) is 11.3 Å². The summed E-state index contributed by atoms with van der Waals surface area (Å²) in [6.45, 7) is 3.82. The minimum absolute atomic E-state index is 0. The number of carbonyl (C=O) groups is 1. The zero-order chi connectivity index (χ0) is 17.0. The number of piperidine rings is 1. The molecule has 0 atom stereocenters. The van der Waals surface area contributed by atoms with E-state index in [1.807, 2.05) is 0 Å². The topological polar surface area (TPSA) is 78.5 Å². The van der Waals surface area contributed by atoms with Crippen LogP contribution in [0.2, 0.25) is 0 Å². The molecule has 3 rings (SSSR count). The van der Waals surface area contributed by atoms with E-state index >= 15 is 0 Å². The second-order valence-electron chi connectivity index (χ2n) is 6.61. The van der Waals surface area contributed by atoms with Gasteiger partial charge in [0.25, 0.3) is 0 Å².